The van der Waals surface area contributed by atoms with Crippen LogP contribution in [0.4, 0.5) is 13.2 Å². The Morgan fingerprint density at radius 1 is 1.29 bits per heavy atom. The molecule has 0 radical (unpaired) electrons. The minimum absolute atomic E-state index is 0.242. The zero-order valence-electron chi connectivity index (χ0n) is 12.4. The van der Waals surface area contributed by atoms with Crippen LogP contribution in [0.2, 0.25) is 0 Å². The van der Waals surface area contributed by atoms with E-state index in [-0.39, 0.29) is 19.1 Å². The number of alkyl halides is 3. The molecule has 1 saturated heterocycles. The van der Waals surface area contributed by atoms with Crippen LogP contribution in [0.15, 0.2) is 0 Å². The maximum Gasteiger partial charge on any atom is 0.405 e. The van der Waals surface area contributed by atoms with Crippen molar-refractivity contribution in [1.82, 2.24) is 19.2 Å². The van der Waals surface area contributed by atoms with Crippen LogP contribution in [0.25, 0.3) is 0 Å². The Kier molecular flexibility index (Phi) is 6.41. The number of piperazine rings is 1. The highest BCUT2D eigenvalue weighted by molar-refractivity contribution is 7.87. The van der Waals surface area contributed by atoms with E-state index in [0.29, 0.717) is 13.1 Å². The zero-order chi connectivity index (χ0) is 16.3. The van der Waals surface area contributed by atoms with Crippen LogP contribution in [0.3, 0.4) is 0 Å². The second-order valence-corrected chi connectivity index (χ2v) is 7.12. The fourth-order valence-corrected chi connectivity index (χ4v) is 3.14. The smallest absolute Gasteiger partial charge is 0.314 e. The standard InChI is InChI=1S/C11H23F3N4O2S/c1-9(2)17(3)21(19,20)16-8-10(11(12,13)14)18-6-4-15-5-7-18/h9-10,15-16H,4-8H2,1-3H3. The van der Waals surface area contributed by atoms with Gasteiger partial charge in [-0.1, -0.05) is 0 Å². The van der Waals surface area contributed by atoms with E-state index in [1.165, 1.54) is 11.9 Å². The summed E-state index contributed by atoms with van der Waals surface area (Å²) in [5.41, 5.74) is 0. The van der Waals surface area contributed by atoms with Gasteiger partial charge in [-0.25, -0.2) is 4.72 Å². The molecular formula is C11H23F3N4O2S. The lowest BCUT2D eigenvalue weighted by Crippen LogP contribution is -2.58. The summed E-state index contributed by atoms with van der Waals surface area (Å²) in [4.78, 5) is 1.26. The summed E-state index contributed by atoms with van der Waals surface area (Å²) in [6, 6.07) is -2.14. The second kappa shape index (κ2) is 7.23. The van der Waals surface area contributed by atoms with Crippen LogP contribution >= 0.6 is 0 Å². The average Bonchev–Trinajstić information content (AvgIpc) is 2.37. The highest BCUT2D eigenvalue weighted by Gasteiger charge is 2.44. The van der Waals surface area contributed by atoms with Gasteiger partial charge in [0.25, 0.3) is 10.2 Å². The van der Waals surface area contributed by atoms with Crippen LogP contribution in [0.1, 0.15) is 13.8 Å². The molecule has 0 aromatic heterocycles. The monoisotopic (exact) mass is 332 g/mol. The van der Waals surface area contributed by atoms with Crippen molar-refractivity contribution in [3.8, 4) is 0 Å². The predicted molar refractivity (Wildman–Crippen MR) is 74.1 cm³/mol. The molecule has 21 heavy (non-hydrogen) atoms. The van der Waals surface area contributed by atoms with Crippen molar-refractivity contribution >= 4 is 10.2 Å². The lowest BCUT2D eigenvalue weighted by atomic mass is 10.2. The summed E-state index contributed by atoms with van der Waals surface area (Å²) in [7, 11) is -2.58. The van der Waals surface area contributed by atoms with E-state index in [2.05, 4.69) is 10.0 Å². The van der Waals surface area contributed by atoms with Crippen LogP contribution in [0.5, 0.6) is 0 Å². The largest absolute Gasteiger partial charge is 0.405 e. The Bertz CT molecular complexity index is 422. The van der Waals surface area contributed by atoms with Crippen molar-refractivity contribution in [2.45, 2.75) is 32.1 Å². The molecule has 1 rings (SSSR count). The minimum atomic E-state index is -4.48. The van der Waals surface area contributed by atoms with Gasteiger partial charge in [-0.2, -0.15) is 25.9 Å². The molecule has 2 N–H and O–H groups in total. The second-order valence-electron chi connectivity index (χ2n) is 5.31. The fraction of sp³-hybridized carbons (Fsp3) is 1.00. The highest BCUT2D eigenvalue weighted by atomic mass is 32.2. The van der Waals surface area contributed by atoms with Crippen molar-refractivity contribution in [3.05, 3.63) is 0 Å². The van der Waals surface area contributed by atoms with E-state index in [0.717, 1.165) is 4.31 Å². The molecule has 1 fully saturated rings. The molecule has 0 saturated carbocycles. The van der Waals surface area contributed by atoms with Gasteiger partial charge in [0.15, 0.2) is 0 Å². The third-order valence-electron chi connectivity index (χ3n) is 3.54. The summed E-state index contributed by atoms with van der Waals surface area (Å²) in [5, 5.41) is 2.97. The SMILES string of the molecule is CC(C)N(C)S(=O)(=O)NCC(N1CCNCC1)C(F)(F)F. The van der Waals surface area contributed by atoms with Crippen LogP contribution in [-0.2, 0) is 10.2 Å². The molecule has 6 nitrogen and oxygen atoms in total. The van der Waals surface area contributed by atoms with Gasteiger partial charge in [-0.15, -0.1) is 0 Å². The molecule has 0 bridgehead atoms. The van der Waals surface area contributed by atoms with E-state index in [1.807, 2.05) is 0 Å². The van der Waals surface area contributed by atoms with E-state index in [9.17, 15) is 21.6 Å². The first kappa shape index (κ1) is 18.6. The number of hydrogen-bond acceptors (Lipinski definition) is 4. The van der Waals surface area contributed by atoms with E-state index >= 15 is 0 Å². The van der Waals surface area contributed by atoms with Gasteiger partial charge in [-0.3, -0.25) is 4.90 Å². The summed E-state index contributed by atoms with van der Waals surface area (Å²) < 4.78 is 66.3. The van der Waals surface area contributed by atoms with Crippen LogP contribution in [-0.4, -0.2) is 75.7 Å². The molecule has 1 unspecified atom stereocenters. The molecule has 1 aliphatic heterocycles. The number of nitrogens with one attached hydrogen (secondary N) is 2. The first-order valence-corrected chi connectivity index (χ1v) is 8.24. The Hall–Kier alpha value is -0.420. The van der Waals surface area contributed by atoms with Gasteiger partial charge in [0.05, 0.1) is 0 Å². The lowest BCUT2D eigenvalue weighted by molar-refractivity contribution is -0.182. The van der Waals surface area contributed by atoms with Gasteiger partial charge in [-0.05, 0) is 13.8 Å². The maximum atomic E-state index is 13.1. The zero-order valence-corrected chi connectivity index (χ0v) is 13.3. The molecule has 10 heteroatoms. The van der Waals surface area contributed by atoms with E-state index in [1.54, 1.807) is 13.8 Å². The van der Waals surface area contributed by atoms with E-state index in [4.69, 9.17) is 0 Å². The lowest BCUT2D eigenvalue weighted by Gasteiger charge is -2.36. The molecule has 126 valence electrons. The maximum absolute atomic E-state index is 13.1. The van der Waals surface area contributed by atoms with Crippen LogP contribution < -0.4 is 10.0 Å². The summed E-state index contributed by atoms with van der Waals surface area (Å²) in [5.74, 6) is 0. The Morgan fingerprint density at radius 2 is 1.81 bits per heavy atom. The van der Waals surface area contributed by atoms with Gasteiger partial charge < -0.3 is 5.32 Å². The number of halogens is 3. The third-order valence-corrected chi connectivity index (χ3v) is 5.25. The molecule has 0 aliphatic carbocycles. The Labute approximate surface area is 123 Å². The van der Waals surface area contributed by atoms with E-state index < -0.39 is 29.0 Å². The van der Waals surface area contributed by atoms with Crippen molar-refractivity contribution in [2.75, 3.05) is 39.8 Å². The number of hydrogen-bond donors (Lipinski definition) is 2. The normalized spacial score (nSPS) is 20.2. The molecule has 0 aromatic rings. The summed E-state index contributed by atoms with van der Waals surface area (Å²) in [6.45, 7) is 4.03. The summed E-state index contributed by atoms with van der Waals surface area (Å²) in [6.07, 6.45) is -4.48. The molecule has 0 spiro atoms. The predicted octanol–water partition coefficient (Wildman–Crippen LogP) is -0.00290. The quantitative estimate of drug-likeness (QED) is 0.719. The van der Waals surface area contributed by atoms with Gasteiger partial charge >= 0.3 is 6.18 Å². The first-order chi connectivity index (χ1) is 9.55. The Morgan fingerprint density at radius 3 is 2.24 bits per heavy atom. The van der Waals surface area contributed by atoms with Crippen molar-refractivity contribution in [1.29, 1.82) is 0 Å². The molecular weight excluding hydrogens is 309 g/mol. The third kappa shape index (κ3) is 5.37. The highest BCUT2D eigenvalue weighted by Crippen LogP contribution is 2.25. The molecule has 0 amide bonds. The van der Waals surface area contributed by atoms with Gasteiger partial charge in [0.2, 0.25) is 0 Å². The topological polar surface area (TPSA) is 64.7 Å². The number of nitrogens with zero attached hydrogens (tertiary/aromatic N) is 2. The molecule has 1 atom stereocenters. The van der Waals surface area contributed by atoms with Crippen molar-refractivity contribution in [2.24, 2.45) is 0 Å². The molecule has 1 heterocycles. The molecule has 0 aromatic carbocycles. The van der Waals surface area contributed by atoms with Crippen molar-refractivity contribution < 1.29 is 21.6 Å². The van der Waals surface area contributed by atoms with Gasteiger partial charge in [0, 0.05) is 45.8 Å². The average molecular weight is 332 g/mol. The molecule has 1 aliphatic rings. The number of rotatable bonds is 6. The van der Waals surface area contributed by atoms with Crippen LogP contribution in [0, 0.1) is 0 Å². The van der Waals surface area contributed by atoms with Gasteiger partial charge in [0.1, 0.15) is 6.04 Å². The first-order valence-electron chi connectivity index (χ1n) is 6.80. The Balaban J connectivity index is 2.74. The minimum Gasteiger partial charge on any atom is -0.314 e. The van der Waals surface area contributed by atoms with Crippen molar-refractivity contribution in [3.63, 3.8) is 0 Å². The summed E-state index contributed by atoms with van der Waals surface area (Å²) >= 11 is 0. The fourth-order valence-electron chi connectivity index (χ4n) is 2.01.